The standard InChI is InChI=1S/C16H23N3O2/c1-11-5-6-13(20-11)10-19-8-7-12(9-19)14-17-18-15(21-14)16(2,3)4/h5-6,12H,7-10H2,1-4H3. The van der Waals surface area contributed by atoms with Gasteiger partial charge in [0.1, 0.15) is 11.5 Å². The molecule has 1 fully saturated rings. The van der Waals surface area contributed by atoms with Crippen LogP contribution in [-0.2, 0) is 12.0 Å². The summed E-state index contributed by atoms with van der Waals surface area (Å²) in [5.41, 5.74) is -0.0881. The number of likely N-dealkylation sites (tertiary alicyclic amines) is 1. The van der Waals surface area contributed by atoms with Crippen LogP contribution in [0.15, 0.2) is 21.0 Å². The van der Waals surface area contributed by atoms with Crippen LogP contribution in [0.25, 0.3) is 0 Å². The van der Waals surface area contributed by atoms with E-state index in [2.05, 4.69) is 35.9 Å². The summed E-state index contributed by atoms with van der Waals surface area (Å²) in [7, 11) is 0. The van der Waals surface area contributed by atoms with Crippen molar-refractivity contribution in [2.45, 2.75) is 52.0 Å². The summed E-state index contributed by atoms with van der Waals surface area (Å²) < 4.78 is 11.5. The second-order valence-corrected chi connectivity index (χ2v) is 6.93. The number of nitrogens with zero attached hydrogens (tertiary/aromatic N) is 3. The molecule has 21 heavy (non-hydrogen) atoms. The van der Waals surface area contributed by atoms with Gasteiger partial charge in [-0.25, -0.2) is 0 Å². The van der Waals surface area contributed by atoms with Crippen molar-refractivity contribution in [1.82, 2.24) is 15.1 Å². The number of rotatable bonds is 3. The van der Waals surface area contributed by atoms with Crippen molar-refractivity contribution in [3.63, 3.8) is 0 Å². The maximum absolute atomic E-state index is 5.86. The van der Waals surface area contributed by atoms with Crippen LogP contribution in [0.1, 0.15) is 56.4 Å². The van der Waals surface area contributed by atoms with Crippen LogP contribution in [0.3, 0.4) is 0 Å². The molecule has 0 aliphatic carbocycles. The third-order valence-corrected chi connectivity index (χ3v) is 3.88. The maximum atomic E-state index is 5.86. The lowest BCUT2D eigenvalue weighted by atomic mass is 9.97. The minimum absolute atomic E-state index is 0.0881. The number of hydrogen-bond acceptors (Lipinski definition) is 5. The average Bonchev–Trinajstić information content (AvgIpc) is 3.08. The monoisotopic (exact) mass is 289 g/mol. The van der Waals surface area contributed by atoms with E-state index in [0.29, 0.717) is 5.92 Å². The highest BCUT2D eigenvalue weighted by Gasteiger charge is 2.30. The highest BCUT2D eigenvalue weighted by molar-refractivity contribution is 5.07. The number of aryl methyl sites for hydroxylation is 1. The molecule has 1 aliphatic heterocycles. The Balaban J connectivity index is 1.63. The molecule has 1 unspecified atom stereocenters. The second kappa shape index (κ2) is 5.30. The van der Waals surface area contributed by atoms with Gasteiger partial charge in [-0.1, -0.05) is 20.8 Å². The summed E-state index contributed by atoms with van der Waals surface area (Å²) in [5.74, 6) is 3.82. The summed E-state index contributed by atoms with van der Waals surface area (Å²) in [5, 5.41) is 8.43. The third kappa shape index (κ3) is 3.18. The average molecular weight is 289 g/mol. The van der Waals surface area contributed by atoms with Gasteiger partial charge in [-0.05, 0) is 32.0 Å². The van der Waals surface area contributed by atoms with E-state index in [1.165, 1.54) is 0 Å². The molecule has 3 heterocycles. The predicted molar refractivity (Wildman–Crippen MR) is 79.1 cm³/mol. The van der Waals surface area contributed by atoms with Crippen molar-refractivity contribution < 1.29 is 8.83 Å². The SMILES string of the molecule is Cc1ccc(CN2CCC(c3nnc(C(C)(C)C)o3)C2)o1. The summed E-state index contributed by atoms with van der Waals surface area (Å²) in [4.78, 5) is 2.38. The topological polar surface area (TPSA) is 55.3 Å². The van der Waals surface area contributed by atoms with E-state index >= 15 is 0 Å². The lowest BCUT2D eigenvalue weighted by Gasteiger charge is -2.13. The van der Waals surface area contributed by atoms with Crippen molar-refractivity contribution >= 4 is 0 Å². The van der Waals surface area contributed by atoms with Crippen LogP contribution in [0.5, 0.6) is 0 Å². The Kier molecular flexibility index (Phi) is 3.61. The lowest BCUT2D eigenvalue weighted by Crippen LogP contribution is -2.19. The smallest absolute Gasteiger partial charge is 0.221 e. The second-order valence-electron chi connectivity index (χ2n) is 6.93. The highest BCUT2D eigenvalue weighted by Crippen LogP contribution is 2.30. The molecule has 0 aromatic carbocycles. The molecule has 0 radical (unpaired) electrons. The van der Waals surface area contributed by atoms with Crippen molar-refractivity contribution in [3.8, 4) is 0 Å². The first-order valence-electron chi connectivity index (χ1n) is 7.53. The van der Waals surface area contributed by atoms with Crippen LogP contribution in [0.4, 0.5) is 0 Å². The normalized spacial score (nSPS) is 20.3. The fourth-order valence-electron chi connectivity index (χ4n) is 2.67. The first-order valence-corrected chi connectivity index (χ1v) is 7.53. The van der Waals surface area contributed by atoms with E-state index in [0.717, 1.165) is 49.4 Å². The molecule has 1 saturated heterocycles. The maximum Gasteiger partial charge on any atom is 0.221 e. The molecule has 1 aliphatic rings. The van der Waals surface area contributed by atoms with Gasteiger partial charge in [-0.3, -0.25) is 4.90 Å². The highest BCUT2D eigenvalue weighted by atomic mass is 16.4. The summed E-state index contributed by atoms with van der Waals surface area (Å²) in [6.45, 7) is 11.1. The van der Waals surface area contributed by atoms with E-state index in [9.17, 15) is 0 Å². The first-order chi connectivity index (χ1) is 9.91. The van der Waals surface area contributed by atoms with Gasteiger partial charge in [0.25, 0.3) is 0 Å². The molecule has 114 valence electrons. The Morgan fingerprint density at radius 2 is 2.05 bits per heavy atom. The Morgan fingerprint density at radius 1 is 1.24 bits per heavy atom. The molecule has 0 spiro atoms. The van der Waals surface area contributed by atoms with Crippen LogP contribution < -0.4 is 0 Å². The van der Waals surface area contributed by atoms with Crippen LogP contribution >= 0.6 is 0 Å². The molecule has 2 aromatic heterocycles. The fraction of sp³-hybridized carbons (Fsp3) is 0.625. The van der Waals surface area contributed by atoms with E-state index in [4.69, 9.17) is 8.83 Å². The lowest BCUT2D eigenvalue weighted by molar-refractivity contribution is 0.284. The minimum Gasteiger partial charge on any atom is -0.465 e. The molecule has 5 heteroatoms. The summed E-state index contributed by atoms with van der Waals surface area (Å²) >= 11 is 0. The van der Waals surface area contributed by atoms with Crippen molar-refractivity contribution in [2.75, 3.05) is 13.1 Å². The number of aromatic nitrogens is 2. The molecule has 0 saturated carbocycles. The van der Waals surface area contributed by atoms with Gasteiger partial charge in [0, 0.05) is 12.0 Å². The zero-order valence-electron chi connectivity index (χ0n) is 13.2. The Labute approximate surface area is 125 Å². The van der Waals surface area contributed by atoms with E-state index in [1.54, 1.807) is 0 Å². The Morgan fingerprint density at radius 3 is 2.67 bits per heavy atom. The van der Waals surface area contributed by atoms with Gasteiger partial charge >= 0.3 is 0 Å². The minimum atomic E-state index is -0.0881. The van der Waals surface area contributed by atoms with E-state index in [-0.39, 0.29) is 5.41 Å². The molecule has 5 nitrogen and oxygen atoms in total. The quantitative estimate of drug-likeness (QED) is 0.868. The molecule has 3 rings (SSSR count). The van der Waals surface area contributed by atoms with Crippen LogP contribution in [0, 0.1) is 6.92 Å². The van der Waals surface area contributed by atoms with Gasteiger partial charge < -0.3 is 8.83 Å². The predicted octanol–water partition coefficient (Wildman–Crippen LogP) is 3.26. The van der Waals surface area contributed by atoms with Crippen molar-refractivity contribution in [2.24, 2.45) is 0 Å². The Bertz CT molecular complexity index is 609. The van der Waals surface area contributed by atoms with Gasteiger partial charge in [0.05, 0.1) is 12.5 Å². The Hall–Kier alpha value is -1.62. The summed E-state index contributed by atoms with van der Waals surface area (Å²) in [6.07, 6.45) is 1.06. The van der Waals surface area contributed by atoms with Gasteiger partial charge in [0.15, 0.2) is 0 Å². The van der Waals surface area contributed by atoms with Crippen LogP contribution in [-0.4, -0.2) is 28.2 Å². The van der Waals surface area contributed by atoms with Gasteiger partial charge in [-0.2, -0.15) is 0 Å². The van der Waals surface area contributed by atoms with Crippen LogP contribution in [0.2, 0.25) is 0 Å². The zero-order valence-corrected chi connectivity index (χ0v) is 13.2. The molecular weight excluding hydrogens is 266 g/mol. The fourth-order valence-corrected chi connectivity index (χ4v) is 2.67. The summed E-state index contributed by atoms with van der Waals surface area (Å²) in [6, 6.07) is 4.06. The molecule has 0 bridgehead atoms. The molecule has 2 aromatic rings. The molecular formula is C16H23N3O2. The third-order valence-electron chi connectivity index (χ3n) is 3.88. The molecule has 0 amide bonds. The number of hydrogen-bond donors (Lipinski definition) is 0. The first kappa shape index (κ1) is 14.3. The number of furan rings is 1. The van der Waals surface area contributed by atoms with Crippen molar-refractivity contribution in [1.29, 1.82) is 0 Å². The van der Waals surface area contributed by atoms with Gasteiger partial charge in [0.2, 0.25) is 11.8 Å². The van der Waals surface area contributed by atoms with Crippen molar-refractivity contribution in [3.05, 3.63) is 35.4 Å². The van der Waals surface area contributed by atoms with E-state index < -0.39 is 0 Å². The van der Waals surface area contributed by atoms with E-state index in [1.807, 2.05) is 19.1 Å². The zero-order chi connectivity index (χ0) is 15.0. The molecule has 0 N–H and O–H groups in total. The molecule has 1 atom stereocenters. The van der Waals surface area contributed by atoms with Gasteiger partial charge in [-0.15, -0.1) is 10.2 Å². The largest absolute Gasteiger partial charge is 0.465 e.